The molecule has 0 aromatic heterocycles. The summed E-state index contributed by atoms with van der Waals surface area (Å²) in [5, 5.41) is 14.7. The third-order valence-electron chi connectivity index (χ3n) is 3.68. The molecule has 1 aromatic carbocycles. The second-order valence-corrected chi connectivity index (χ2v) is 5.50. The lowest BCUT2D eigenvalue weighted by Gasteiger charge is -2.29. The Morgan fingerprint density at radius 1 is 1.43 bits per heavy atom. The molecule has 1 rings (SSSR count). The summed E-state index contributed by atoms with van der Waals surface area (Å²) >= 11 is 0. The third kappa shape index (κ3) is 6.58. The summed E-state index contributed by atoms with van der Waals surface area (Å²) in [5.41, 5.74) is 0.539. The smallest absolute Gasteiger partial charge is 0.315 e. The summed E-state index contributed by atoms with van der Waals surface area (Å²) in [6, 6.07) is 6.26. The summed E-state index contributed by atoms with van der Waals surface area (Å²) in [6.45, 7) is 4.46. The Hall–Kier alpha value is -1.62. The van der Waals surface area contributed by atoms with E-state index in [9.17, 15) is 9.18 Å². The van der Waals surface area contributed by atoms with Gasteiger partial charge in [-0.1, -0.05) is 19.1 Å². The largest absolute Gasteiger partial charge is 0.396 e. The third-order valence-corrected chi connectivity index (χ3v) is 3.68. The second-order valence-electron chi connectivity index (χ2n) is 5.50. The number of halogens is 1. The average Bonchev–Trinajstić information content (AvgIpc) is 2.44. The highest BCUT2D eigenvalue weighted by Crippen LogP contribution is 2.13. The van der Waals surface area contributed by atoms with Gasteiger partial charge in [-0.05, 0) is 50.3 Å². The normalized spacial score (nSPS) is 13.5. The minimum atomic E-state index is -0.388. The van der Waals surface area contributed by atoms with Gasteiger partial charge in [-0.2, -0.15) is 0 Å². The molecule has 0 aliphatic heterocycles. The number of aliphatic hydroxyl groups excluding tert-OH is 1. The molecule has 0 aliphatic rings. The Morgan fingerprint density at radius 2 is 2.19 bits per heavy atom. The molecule has 21 heavy (non-hydrogen) atoms. The topological polar surface area (TPSA) is 61.4 Å². The maximum atomic E-state index is 13.0. The van der Waals surface area contributed by atoms with Gasteiger partial charge in [0.1, 0.15) is 5.82 Å². The van der Waals surface area contributed by atoms with Crippen molar-refractivity contribution in [3.63, 3.8) is 0 Å². The lowest BCUT2D eigenvalue weighted by Crippen LogP contribution is -2.50. The van der Waals surface area contributed by atoms with Gasteiger partial charge in [-0.3, -0.25) is 0 Å². The molecule has 0 heterocycles. The first-order valence-electron chi connectivity index (χ1n) is 7.40. The number of aliphatic hydroxyl groups is 1. The summed E-state index contributed by atoms with van der Waals surface area (Å²) in [4.78, 5) is 11.8. The van der Waals surface area contributed by atoms with Crippen molar-refractivity contribution in [3.8, 4) is 0 Å². The van der Waals surface area contributed by atoms with Crippen molar-refractivity contribution < 1.29 is 14.3 Å². The predicted octanol–water partition coefficient (Wildman–Crippen LogP) is 2.61. The lowest BCUT2D eigenvalue weighted by atomic mass is 9.95. The first-order chi connectivity index (χ1) is 9.99. The molecule has 4 nitrogen and oxygen atoms in total. The number of hydrogen-bond donors (Lipinski definition) is 3. The van der Waals surface area contributed by atoms with E-state index in [1.54, 1.807) is 6.07 Å². The van der Waals surface area contributed by atoms with Crippen molar-refractivity contribution in [1.82, 2.24) is 10.6 Å². The highest BCUT2D eigenvalue weighted by molar-refractivity contribution is 5.74. The first kappa shape index (κ1) is 17.4. The Morgan fingerprint density at radius 3 is 2.81 bits per heavy atom. The number of hydrogen-bond acceptors (Lipinski definition) is 2. The van der Waals surface area contributed by atoms with E-state index in [-0.39, 0.29) is 24.0 Å². The molecule has 1 unspecified atom stereocenters. The van der Waals surface area contributed by atoms with Crippen LogP contribution in [0.3, 0.4) is 0 Å². The van der Waals surface area contributed by atoms with Gasteiger partial charge in [0, 0.05) is 18.7 Å². The van der Waals surface area contributed by atoms with Gasteiger partial charge in [-0.25, -0.2) is 9.18 Å². The van der Waals surface area contributed by atoms with Crippen molar-refractivity contribution in [3.05, 3.63) is 35.6 Å². The van der Waals surface area contributed by atoms with Crippen LogP contribution in [0.15, 0.2) is 24.3 Å². The Balaban J connectivity index is 2.27. The summed E-state index contributed by atoms with van der Waals surface area (Å²) in [6.07, 6.45) is 2.75. The van der Waals surface area contributed by atoms with E-state index in [2.05, 4.69) is 10.6 Å². The van der Waals surface area contributed by atoms with Crippen LogP contribution in [0.1, 0.15) is 38.7 Å². The predicted molar refractivity (Wildman–Crippen MR) is 81.7 cm³/mol. The number of urea groups is 1. The van der Waals surface area contributed by atoms with Crippen LogP contribution in [-0.4, -0.2) is 29.8 Å². The molecule has 0 saturated heterocycles. The number of rotatable bonds is 8. The monoisotopic (exact) mass is 296 g/mol. The van der Waals surface area contributed by atoms with E-state index in [4.69, 9.17) is 5.11 Å². The highest BCUT2D eigenvalue weighted by atomic mass is 19.1. The van der Waals surface area contributed by atoms with E-state index < -0.39 is 0 Å². The maximum absolute atomic E-state index is 13.0. The number of benzene rings is 1. The minimum Gasteiger partial charge on any atom is -0.396 e. The van der Waals surface area contributed by atoms with Crippen LogP contribution in [0.25, 0.3) is 0 Å². The van der Waals surface area contributed by atoms with Crippen molar-refractivity contribution in [1.29, 1.82) is 0 Å². The Bertz CT molecular complexity index is 454. The molecule has 0 fully saturated rings. The van der Waals surface area contributed by atoms with Crippen molar-refractivity contribution in [2.45, 2.75) is 45.1 Å². The van der Waals surface area contributed by atoms with E-state index in [1.165, 1.54) is 12.1 Å². The highest BCUT2D eigenvalue weighted by Gasteiger charge is 2.23. The molecular weight excluding hydrogens is 271 g/mol. The van der Waals surface area contributed by atoms with Crippen LogP contribution in [-0.2, 0) is 6.42 Å². The number of amides is 2. The van der Waals surface area contributed by atoms with Gasteiger partial charge < -0.3 is 15.7 Å². The molecule has 3 N–H and O–H groups in total. The van der Waals surface area contributed by atoms with Gasteiger partial charge in [0.15, 0.2) is 0 Å². The fourth-order valence-corrected chi connectivity index (χ4v) is 2.08. The molecule has 0 spiro atoms. The molecule has 1 aromatic rings. The molecule has 5 heteroatoms. The molecule has 0 saturated carbocycles. The van der Waals surface area contributed by atoms with Gasteiger partial charge >= 0.3 is 6.03 Å². The zero-order valence-electron chi connectivity index (χ0n) is 12.8. The molecular formula is C16H25FN2O2. The van der Waals surface area contributed by atoms with Crippen LogP contribution >= 0.6 is 0 Å². The van der Waals surface area contributed by atoms with Crippen molar-refractivity contribution in [2.75, 3.05) is 13.2 Å². The quantitative estimate of drug-likeness (QED) is 0.646. The fourth-order valence-electron chi connectivity index (χ4n) is 2.08. The van der Waals surface area contributed by atoms with Crippen LogP contribution in [0, 0.1) is 5.82 Å². The van der Waals surface area contributed by atoms with E-state index in [0.717, 1.165) is 24.8 Å². The van der Waals surface area contributed by atoms with Gasteiger partial charge in [0.05, 0.1) is 0 Å². The summed E-state index contributed by atoms with van der Waals surface area (Å²) in [5.74, 6) is -0.235. The van der Waals surface area contributed by atoms with Crippen LogP contribution in [0.5, 0.6) is 0 Å². The van der Waals surface area contributed by atoms with E-state index in [1.807, 2.05) is 19.9 Å². The van der Waals surface area contributed by atoms with E-state index >= 15 is 0 Å². The van der Waals surface area contributed by atoms with Gasteiger partial charge in [0.25, 0.3) is 0 Å². The Labute approximate surface area is 125 Å². The standard InChI is InChI=1S/C16H25FN2O2/c1-3-16(2,9-11-20)19-15(21)18-10-5-7-13-6-4-8-14(17)12-13/h4,6,8,12,20H,3,5,7,9-11H2,1-2H3,(H2,18,19,21). The van der Waals surface area contributed by atoms with Crippen LogP contribution in [0.2, 0.25) is 0 Å². The second kappa shape index (κ2) is 8.62. The Kier molecular flexibility index (Phi) is 7.15. The number of carbonyl (C=O) groups excluding carboxylic acids is 1. The SMILES string of the molecule is CCC(C)(CCO)NC(=O)NCCCc1cccc(F)c1. The number of nitrogens with one attached hydrogen (secondary N) is 2. The zero-order valence-corrected chi connectivity index (χ0v) is 12.8. The van der Waals surface area contributed by atoms with E-state index in [0.29, 0.717) is 13.0 Å². The molecule has 118 valence electrons. The fraction of sp³-hybridized carbons (Fsp3) is 0.562. The number of aryl methyl sites for hydroxylation is 1. The molecule has 0 aliphatic carbocycles. The van der Waals surface area contributed by atoms with Crippen LogP contribution in [0.4, 0.5) is 9.18 Å². The maximum Gasteiger partial charge on any atom is 0.315 e. The van der Waals surface area contributed by atoms with Gasteiger partial charge in [0.2, 0.25) is 0 Å². The first-order valence-corrected chi connectivity index (χ1v) is 7.40. The zero-order chi connectivity index (χ0) is 15.7. The molecule has 0 bridgehead atoms. The van der Waals surface area contributed by atoms with Crippen molar-refractivity contribution in [2.24, 2.45) is 0 Å². The van der Waals surface area contributed by atoms with Crippen LogP contribution < -0.4 is 10.6 Å². The van der Waals surface area contributed by atoms with Crippen molar-refractivity contribution >= 4 is 6.03 Å². The number of carbonyl (C=O) groups is 1. The molecule has 1 atom stereocenters. The lowest BCUT2D eigenvalue weighted by molar-refractivity contribution is 0.201. The molecule has 0 radical (unpaired) electrons. The van der Waals surface area contributed by atoms with Gasteiger partial charge in [-0.15, -0.1) is 0 Å². The summed E-state index contributed by atoms with van der Waals surface area (Å²) < 4.78 is 13.0. The minimum absolute atomic E-state index is 0.0458. The average molecular weight is 296 g/mol. The summed E-state index contributed by atoms with van der Waals surface area (Å²) in [7, 11) is 0. The molecule has 2 amide bonds.